The van der Waals surface area contributed by atoms with Crippen molar-refractivity contribution in [2.24, 2.45) is 11.7 Å². The van der Waals surface area contributed by atoms with Crippen molar-refractivity contribution in [1.82, 2.24) is 10.1 Å². The summed E-state index contributed by atoms with van der Waals surface area (Å²) in [6, 6.07) is 7.50. The van der Waals surface area contributed by atoms with Gasteiger partial charge in [0.25, 0.3) is 0 Å². The van der Waals surface area contributed by atoms with Gasteiger partial charge in [-0.1, -0.05) is 43.0 Å². The van der Waals surface area contributed by atoms with Crippen LogP contribution < -0.4 is 10.5 Å². The largest absolute Gasteiger partial charge is 0.488 e. The van der Waals surface area contributed by atoms with Crippen LogP contribution in [-0.4, -0.2) is 16.7 Å². The van der Waals surface area contributed by atoms with Crippen molar-refractivity contribution in [3.05, 3.63) is 65.0 Å². The zero-order valence-corrected chi connectivity index (χ0v) is 20.6. The first-order valence-corrected chi connectivity index (χ1v) is 12.6. The van der Waals surface area contributed by atoms with Crippen LogP contribution in [0.1, 0.15) is 73.4 Å². The molecule has 2 aromatic carbocycles. The number of ether oxygens (including phenoxy) is 1. The standard InChI is InChI=1S/C27H29F6N3O2/c28-26(29,30)21-10-7-18(8-11-21)16-37-23-12-9-20(15-22(23)27(31,32)33)24-35-25(38-36-24)19-5-1-3-17(13-14-34)4-2-6-19/h7-12,15,17,19H,1-6,13-14,16,34H2. The Balaban J connectivity index is 1.47. The van der Waals surface area contributed by atoms with E-state index >= 15 is 0 Å². The van der Waals surface area contributed by atoms with Crippen LogP contribution in [0, 0.1) is 5.92 Å². The van der Waals surface area contributed by atoms with Gasteiger partial charge in [0, 0.05) is 11.5 Å². The molecule has 1 saturated carbocycles. The maximum absolute atomic E-state index is 13.8. The van der Waals surface area contributed by atoms with Crippen LogP contribution in [0.3, 0.4) is 0 Å². The summed E-state index contributed by atoms with van der Waals surface area (Å²) >= 11 is 0. The van der Waals surface area contributed by atoms with Gasteiger partial charge in [0.2, 0.25) is 11.7 Å². The van der Waals surface area contributed by atoms with Gasteiger partial charge < -0.3 is 15.0 Å². The number of nitrogens with zero attached hydrogens (tertiary/aromatic N) is 2. The maximum atomic E-state index is 13.8. The van der Waals surface area contributed by atoms with Gasteiger partial charge in [0.05, 0.1) is 11.1 Å². The topological polar surface area (TPSA) is 74.2 Å². The molecule has 11 heteroatoms. The lowest BCUT2D eigenvalue weighted by molar-refractivity contribution is -0.139. The van der Waals surface area contributed by atoms with Crippen LogP contribution in [0.15, 0.2) is 47.0 Å². The molecule has 0 spiro atoms. The molecule has 1 aromatic heterocycles. The Hall–Kier alpha value is -3.08. The van der Waals surface area contributed by atoms with Crippen LogP contribution >= 0.6 is 0 Å². The lowest BCUT2D eigenvalue weighted by Gasteiger charge is -2.22. The maximum Gasteiger partial charge on any atom is 0.419 e. The molecule has 1 aliphatic carbocycles. The molecule has 4 rings (SSSR count). The van der Waals surface area contributed by atoms with E-state index in [0.29, 0.717) is 23.9 Å². The van der Waals surface area contributed by atoms with E-state index in [1.807, 2.05) is 0 Å². The van der Waals surface area contributed by atoms with Gasteiger partial charge in [-0.25, -0.2) is 0 Å². The second-order valence-electron chi connectivity index (χ2n) is 9.65. The van der Waals surface area contributed by atoms with E-state index in [0.717, 1.165) is 69.2 Å². The van der Waals surface area contributed by atoms with Gasteiger partial charge in [-0.05, 0) is 67.6 Å². The first-order valence-electron chi connectivity index (χ1n) is 12.6. The monoisotopic (exact) mass is 541 g/mol. The van der Waals surface area contributed by atoms with Gasteiger partial charge in [-0.2, -0.15) is 31.3 Å². The zero-order chi connectivity index (χ0) is 27.3. The summed E-state index contributed by atoms with van der Waals surface area (Å²) in [5, 5.41) is 3.93. The highest BCUT2D eigenvalue weighted by Crippen LogP contribution is 2.40. The third kappa shape index (κ3) is 7.06. The van der Waals surface area contributed by atoms with Gasteiger partial charge in [0.1, 0.15) is 12.4 Å². The summed E-state index contributed by atoms with van der Waals surface area (Å²) < 4.78 is 90.5. The molecule has 38 heavy (non-hydrogen) atoms. The van der Waals surface area contributed by atoms with Gasteiger partial charge in [0.15, 0.2) is 0 Å². The number of hydrogen-bond donors (Lipinski definition) is 1. The summed E-state index contributed by atoms with van der Waals surface area (Å²) in [4.78, 5) is 4.41. The molecule has 5 nitrogen and oxygen atoms in total. The minimum atomic E-state index is -4.74. The molecule has 206 valence electrons. The van der Waals surface area contributed by atoms with Crippen LogP contribution in [0.25, 0.3) is 11.4 Å². The first kappa shape index (κ1) is 27.9. The predicted octanol–water partition coefficient (Wildman–Crippen LogP) is 7.76. The predicted molar refractivity (Wildman–Crippen MR) is 128 cm³/mol. The SMILES string of the molecule is NCCC1CCCC(c2nc(-c3ccc(OCc4ccc(C(F)(F)F)cc4)c(C(F)(F)F)c3)no2)CCC1. The number of nitrogens with two attached hydrogens (primary N) is 1. The minimum Gasteiger partial charge on any atom is -0.488 e. The van der Waals surface area contributed by atoms with Gasteiger partial charge in [-0.3, -0.25) is 0 Å². The Morgan fingerprint density at radius 1 is 0.895 bits per heavy atom. The molecule has 1 aliphatic rings. The Morgan fingerprint density at radius 2 is 1.58 bits per heavy atom. The van der Waals surface area contributed by atoms with Crippen molar-refractivity contribution in [3.8, 4) is 17.1 Å². The molecule has 2 N–H and O–H groups in total. The van der Waals surface area contributed by atoms with Gasteiger partial charge in [-0.15, -0.1) is 0 Å². The summed E-state index contributed by atoms with van der Waals surface area (Å²) in [7, 11) is 0. The number of benzene rings is 2. The second-order valence-corrected chi connectivity index (χ2v) is 9.65. The van der Waals surface area contributed by atoms with E-state index in [2.05, 4.69) is 10.1 Å². The molecule has 3 aromatic rings. The van der Waals surface area contributed by atoms with Crippen molar-refractivity contribution in [3.63, 3.8) is 0 Å². The lowest BCUT2D eigenvalue weighted by Crippen LogP contribution is -2.12. The first-order chi connectivity index (χ1) is 18.0. The molecular formula is C27H29F6N3O2. The molecule has 0 saturated heterocycles. The molecule has 0 aliphatic heterocycles. The van der Waals surface area contributed by atoms with E-state index in [1.54, 1.807) is 0 Å². The highest BCUT2D eigenvalue weighted by Gasteiger charge is 2.35. The van der Waals surface area contributed by atoms with E-state index in [9.17, 15) is 26.3 Å². The molecular weight excluding hydrogens is 512 g/mol. The van der Waals surface area contributed by atoms with E-state index in [4.69, 9.17) is 15.0 Å². The Bertz CT molecular complexity index is 1180. The molecule has 0 radical (unpaired) electrons. The van der Waals surface area contributed by atoms with Crippen molar-refractivity contribution in [2.45, 2.75) is 69.8 Å². The van der Waals surface area contributed by atoms with E-state index < -0.39 is 29.2 Å². The number of halogens is 6. The van der Waals surface area contributed by atoms with E-state index in [-0.39, 0.29) is 23.9 Å². The summed E-state index contributed by atoms with van der Waals surface area (Å²) in [6.07, 6.45) is -2.34. The average Bonchev–Trinajstić information content (AvgIpc) is 3.33. The molecule has 1 heterocycles. The number of aromatic nitrogens is 2. The Morgan fingerprint density at radius 3 is 2.18 bits per heavy atom. The fraction of sp³-hybridized carbons (Fsp3) is 0.481. The van der Waals surface area contributed by atoms with Crippen molar-refractivity contribution < 1.29 is 35.6 Å². The van der Waals surface area contributed by atoms with Crippen LogP contribution in [-0.2, 0) is 19.0 Å². The van der Waals surface area contributed by atoms with Gasteiger partial charge >= 0.3 is 12.4 Å². The quantitative estimate of drug-likeness (QED) is 0.310. The van der Waals surface area contributed by atoms with Crippen LogP contribution in [0.5, 0.6) is 5.75 Å². The number of alkyl halides is 6. The van der Waals surface area contributed by atoms with Crippen molar-refractivity contribution in [2.75, 3.05) is 6.54 Å². The summed E-state index contributed by atoms with van der Waals surface area (Å²) in [5.41, 5.74) is 4.23. The number of hydrogen-bond acceptors (Lipinski definition) is 5. The molecule has 0 bridgehead atoms. The Kier molecular flexibility index (Phi) is 8.64. The highest BCUT2D eigenvalue weighted by molar-refractivity contribution is 5.59. The Labute approximate surface area is 216 Å². The average molecular weight is 542 g/mol. The van der Waals surface area contributed by atoms with Crippen LogP contribution in [0.4, 0.5) is 26.3 Å². The third-order valence-electron chi connectivity index (χ3n) is 6.91. The second kappa shape index (κ2) is 11.8. The zero-order valence-electron chi connectivity index (χ0n) is 20.6. The third-order valence-corrected chi connectivity index (χ3v) is 6.91. The van der Waals surface area contributed by atoms with E-state index in [1.165, 1.54) is 18.2 Å². The molecule has 1 fully saturated rings. The smallest absolute Gasteiger partial charge is 0.419 e. The molecule has 0 amide bonds. The summed E-state index contributed by atoms with van der Waals surface area (Å²) in [6.45, 7) is 0.348. The number of rotatable bonds is 7. The van der Waals surface area contributed by atoms with Crippen LogP contribution in [0.2, 0.25) is 0 Å². The van der Waals surface area contributed by atoms with Crippen molar-refractivity contribution in [1.29, 1.82) is 0 Å². The lowest BCUT2D eigenvalue weighted by atomic mass is 9.84. The molecule has 0 atom stereocenters. The molecule has 0 unspecified atom stereocenters. The highest BCUT2D eigenvalue weighted by atomic mass is 19.4. The minimum absolute atomic E-state index is 0.0582. The summed E-state index contributed by atoms with van der Waals surface area (Å²) in [5.74, 6) is 0.719. The fourth-order valence-corrected chi connectivity index (χ4v) is 4.85. The fourth-order valence-electron chi connectivity index (χ4n) is 4.85. The normalized spacial score (nSPS) is 19.1. The van der Waals surface area contributed by atoms with Crippen molar-refractivity contribution >= 4 is 0 Å².